The molecule has 2 aromatic carbocycles. The van der Waals surface area contributed by atoms with E-state index in [9.17, 15) is 19.1 Å². The third kappa shape index (κ3) is 6.37. The normalized spacial score (nSPS) is 13.4. The molecular weight excluding hydrogens is 499 g/mol. The number of halogens is 1. The van der Waals surface area contributed by atoms with Crippen molar-refractivity contribution in [1.29, 1.82) is 0 Å². The second-order valence-corrected chi connectivity index (χ2v) is 9.70. The molecular formula is C30H31FN4O4. The third-order valence-corrected chi connectivity index (χ3v) is 6.94. The van der Waals surface area contributed by atoms with Crippen LogP contribution in [0.5, 0.6) is 5.75 Å². The number of aryl methyl sites for hydroxylation is 3. The van der Waals surface area contributed by atoms with Crippen LogP contribution in [0.15, 0.2) is 77.9 Å². The second kappa shape index (κ2) is 12.0. The van der Waals surface area contributed by atoms with Gasteiger partial charge in [0.25, 0.3) is 0 Å². The molecule has 0 fully saturated rings. The summed E-state index contributed by atoms with van der Waals surface area (Å²) in [5, 5.41) is 12.9. The van der Waals surface area contributed by atoms with E-state index in [1.807, 2.05) is 36.4 Å². The molecule has 1 atom stereocenters. The van der Waals surface area contributed by atoms with E-state index in [0.717, 1.165) is 36.5 Å². The van der Waals surface area contributed by atoms with Crippen LogP contribution in [0.3, 0.4) is 0 Å². The van der Waals surface area contributed by atoms with Gasteiger partial charge in [0.15, 0.2) is 11.6 Å². The van der Waals surface area contributed by atoms with E-state index in [2.05, 4.69) is 11.4 Å². The standard InChI is InChI=1S/C30H31FN4O4/c31-25-18-23(11-13-27(25)39-20-21-6-2-1-3-7-21)26(19-28(36)37)35-17-16-34(30(35)38)15-5-9-24-12-10-22-8-4-14-32-29(22)33-24/h1-3,6-7,10-13,16-18,26H,4-5,8-9,14-15,19-20H2,(H,32,33)(H,36,37)/t26-/m1/s1. The van der Waals surface area contributed by atoms with Gasteiger partial charge in [-0.15, -0.1) is 0 Å². The number of aliphatic carboxylic acids is 1. The Kier molecular flexibility index (Phi) is 8.05. The molecule has 0 aliphatic carbocycles. The Morgan fingerprint density at radius 1 is 1.13 bits per heavy atom. The van der Waals surface area contributed by atoms with Gasteiger partial charge in [0, 0.05) is 31.2 Å². The highest BCUT2D eigenvalue weighted by Crippen LogP contribution is 2.27. The molecule has 39 heavy (non-hydrogen) atoms. The summed E-state index contributed by atoms with van der Waals surface area (Å²) >= 11 is 0. The number of carbonyl (C=O) groups is 1. The lowest BCUT2D eigenvalue weighted by molar-refractivity contribution is -0.137. The smallest absolute Gasteiger partial charge is 0.328 e. The van der Waals surface area contributed by atoms with Gasteiger partial charge < -0.3 is 15.2 Å². The maximum absolute atomic E-state index is 14.9. The third-order valence-electron chi connectivity index (χ3n) is 6.94. The summed E-state index contributed by atoms with van der Waals surface area (Å²) < 4.78 is 23.5. The number of nitrogens with one attached hydrogen (secondary N) is 1. The Hall–Kier alpha value is -4.40. The van der Waals surface area contributed by atoms with Crippen molar-refractivity contribution in [2.75, 3.05) is 11.9 Å². The fraction of sp³-hybridized carbons (Fsp3) is 0.300. The Balaban J connectivity index is 1.27. The van der Waals surface area contributed by atoms with Crippen molar-refractivity contribution in [2.24, 2.45) is 0 Å². The molecule has 2 N–H and O–H groups in total. The van der Waals surface area contributed by atoms with Crippen molar-refractivity contribution < 1.29 is 19.0 Å². The lowest BCUT2D eigenvalue weighted by Crippen LogP contribution is -2.29. The van der Waals surface area contributed by atoms with Crippen molar-refractivity contribution in [3.05, 3.63) is 112 Å². The summed E-state index contributed by atoms with van der Waals surface area (Å²) in [4.78, 5) is 29.6. The van der Waals surface area contributed by atoms with Crippen molar-refractivity contribution in [2.45, 2.75) is 51.3 Å². The Morgan fingerprint density at radius 3 is 2.77 bits per heavy atom. The summed E-state index contributed by atoms with van der Waals surface area (Å²) in [7, 11) is 0. The molecule has 1 aliphatic heterocycles. The van der Waals surface area contributed by atoms with Gasteiger partial charge in [-0.3, -0.25) is 13.9 Å². The first kappa shape index (κ1) is 26.2. The van der Waals surface area contributed by atoms with Crippen LogP contribution in [0.4, 0.5) is 10.2 Å². The fourth-order valence-electron chi connectivity index (χ4n) is 4.89. The first-order valence-corrected chi connectivity index (χ1v) is 13.2. The van der Waals surface area contributed by atoms with Gasteiger partial charge in [-0.05, 0) is 60.6 Å². The molecule has 202 valence electrons. The number of ether oxygens (including phenoxy) is 1. The number of nitrogens with zero attached hydrogens (tertiary/aromatic N) is 3. The Morgan fingerprint density at radius 2 is 1.97 bits per heavy atom. The molecule has 0 amide bonds. The number of pyridine rings is 1. The lowest BCUT2D eigenvalue weighted by atomic mass is 10.0. The average molecular weight is 531 g/mol. The maximum Gasteiger partial charge on any atom is 0.328 e. The van der Waals surface area contributed by atoms with Crippen LogP contribution >= 0.6 is 0 Å². The van der Waals surface area contributed by atoms with Crippen LogP contribution in [0.2, 0.25) is 0 Å². The largest absolute Gasteiger partial charge is 0.486 e. The first-order valence-electron chi connectivity index (χ1n) is 13.2. The number of rotatable bonds is 11. The Bertz CT molecular complexity index is 1500. The van der Waals surface area contributed by atoms with Gasteiger partial charge in [-0.1, -0.05) is 42.5 Å². The zero-order valence-electron chi connectivity index (χ0n) is 21.6. The maximum atomic E-state index is 14.9. The fourth-order valence-corrected chi connectivity index (χ4v) is 4.89. The zero-order valence-corrected chi connectivity index (χ0v) is 21.6. The predicted octanol–water partition coefficient (Wildman–Crippen LogP) is 4.82. The van der Waals surface area contributed by atoms with Gasteiger partial charge in [0.2, 0.25) is 0 Å². The predicted molar refractivity (Wildman–Crippen MR) is 146 cm³/mol. The highest BCUT2D eigenvalue weighted by Gasteiger charge is 2.22. The van der Waals surface area contributed by atoms with Gasteiger partial charge in [0.05, 0.1) is 12.5 Å². The number of hydrogen-bond acceptors (Lipinski definition) is 5. The van der Waals surface area contributed by atoms with Gasteiger partial charge in [0.1, 0.15) is 12.4 Å². The molecule has 4 aromatic rings. The number of fused-ring (bicyclic) bond motifs is 1. The number of carboxylic acids is 1. The summed E-state index contributed by atoms with van der Waals surface area (Å²) in [6.07, 6.45) is 6.39. The molecule has 0 radical (unpaired) electrons. The van der Waals surface area contributed by atoms with Gasteiger partial charge >= 0.3 is 11.7 Å². The van der Waals surface area contributed by atoms with E-state index in [0.29, 0.717) is 24.9 Å². The molecule has 0 unspecified atom stereocenters. The zero-order chi connectivity index (χ0) is 27.2. The molecule has 0 saturated carbocycles. The number of aromatic nitrogens is 3. The van der Waals surface area contributed by atoms with E-state index in [4.69, 9.17) is 9.72 Å². The highest BCUT2D eigenvalue weighted by molar-refractivity contribution is 5.68. The van der Waals surface area contributed by atoms with Crippen molar-refractivity contribution in [3.8, 4) is 5.75 Å². The minimum atomic E-state index is -1.09. The number of hydrogen-bond donors (Lipinski definition) is 2. The molecule has 3 heterocycles. The lowest BCUT2D eigenvalue weighted by Gasteiger charge is -2.18. The van der Waals surface area contributed by atoms with Crippen molar-refractivity contribution in [1.82, 2.24) is 14.1 Å². The average Bonchev–Trinajstić information content (AvgIpc) is 3.31. The number of carboxylic acid groups (broad SMARTS) is 1. The van der Waals surface area contributed by atoms with Gasteiger partial charge in [-0.25, -0.2) is 14.2 Å². The van der Waals surface area contributed by atoms with Crippen LogP contribution in [0.25, 0.3) is 0 Å². The van der Waals surface area contributed by atoms with Crippen LogP contribution in [-0.4, -0.2) is 31.7 Å². The van der Waals surface area contributed by atoms with E-state index < -0.39 is 17.8 Å². The quantitative estimate of drug-likeness (QED) is 0.289. The molecule has 0 spiro atoms. The molecule has 8 nitrogen and oxygen atoms in total. The molecule has 0 bridgehead atoms. The SMILES string of the molecule is O=C(O)C[C@H](c1ccc(OCc2ccccc2)c(F)c1)n1ccn(CCCc2ccc3c(n2)NCCC3)c1=O. The highest BCUT2D eigenvalue weighted by atomic mass is 19.1. The molecule has 5 rings (SSSR count). The van der Waals surface area contributed by atoms with Crippen LogP contribution in [0, 0.1) is 5.82 Å². The second-order valence-electron chi connectivity index (χ2n) is 9.70. The van der Waals surface area contributed by atoms with E-state index in [1.54, 1.807) is 23.0 Å². The number of benzene rings is 2. The van der Waals surface area contributed by atoms with Crippen molar-refractivity contribution in [3.63, 3.8) is 0 Å². The summed E-state index contributed by atoms with van der Waals surface area (Å²) in [5.74, 6) is -0.690. The van der Waals surface area contributed by atoms with Crippen molar-refractivity contribution >= 4 is 11.8 Å². The van der Waals surface area contributed by atoms with E-state index in [-0.39, 0.29) is 24.5 Å². The topological polar surface area (TPSA) is 98.4 Å². The monoisotopic (exact) mass is 530 g/mol. The number of imidazole rings is 1. The van der Waals surface area contributed by atoms with Crippen LogP contribution in [0.1, 0.15) is 47.7 Å². The van der Waals surface area contributed by atoms with Crippen LogP contribution in [-0.2, 0) is 30.8 Å². The Labute approximate surface area is 225 Å². The minimum absolute atomic E-state index is 0.0626. The molecule has 1 aliphatic rings. The molecule has 2 aromatic heterocycles. The summed E-state index contributed by atoms with van der Waals surface area (Å²) in [6.45, 7) is 1.59. The van der Waals surface area contributed by atoms with E-state index >= 15 is 0 Å². The van der Waals surface area contributed by atoms with Gasteiger partial charge in [-0.2, -0.15) is 0 Å². The van der Waals surface area contributed by atoms with E-state index in [1.165, 1.54) is 22.3 Å². The summed E-state index contributed by atoms with van der Waals surface area (Å²) in [6, 6.07) is 17.0. The minimum Gasteiger partial charge on any atom is -0.486 e. The molecule has 0 saturated heterocycles. The van der Waals surface area contributed by atoms with Crippen LogP contribution < -0.4 is 15.7 Å². The number of anilines is 1. The first-order chi connectivity index (χ1) is 19.0. The summed E-state index contributed by atoms with van der Waals surface area (Å²) in [5.41, 5.74) is 3.13. The molecule has 9 heteroatoms.